The Bertz CT molecular complexity index is 1540. The Morgan fingerprint density at radius 3 is 2.43 bits per heavy atom. The molecule has 3 aromatic rings. The molecule has 0 unspecified atom stereocenters. The number of H-pyrrole nitrogens is 1. The molecule has 2 atom stereocenters. The molecule has 1 aromatic carbocycles. The predicted octanol–water partition coefficient (Wildman–Crippen LogP) is 5.93. The summed E-state index contributed by atoms with van der Waals surface area (Å²) < 4.78 is 65.8. The van der Waals surface area contributed by atoms with Crippen LogP contribution in [0.15, 0.2) is 24.5 Å². The quantitative estimate of drug-likeness (QED) is 0.231. The van der Waals surface area contributed by atoms with Crippen molar-refractivity contribution >= 4 is 41.4 Å². The Hall–Kier alpha value is -3.60. The Kier molecular flexibility index (Phi) is 8.64. The lowest BCUT2D eigenvalue weighted by Crippen LogP contribution is -2.44. The highest BCUT2D eigenvalue weighted by atomic mass is 31.2. The molecule has 4 rings (SSSR count). The summed E-state index contributed by atoms with van der Waals surface area (Å²) in [6.45, 7) is 8.25. The van der Waals surface area contributed by atoms with Crippen LogP contribution in [-0.2, 0) is 20.2 Å². The van der Waals surface area contributed by atoms with Gasteiger partial charge >= 0.3 is 18.2 Å². The highest BCUT2D eigenvalue weighted by molar-refractivity contribution is 7.70. The third-order valence-corrected chi connectivity index (χ3v) is 8.39. The van der Waals surface area contributed by atoms with Crippen molar-refractivity contribution in [2.24, 2.45) is 0 Å². The second-order valence-electron chi connectivity index (χ2n) is 11.7. The molecule has 42 heavy (non-hydrogen) atoms. The number of carbonyl (C=O) groups is 2. The lowest BCUT2D eigenvalue weighted by Gasteiger charge is -2.31. The summed E-state index contributed by atoms with van der Waals surface area (Å²) in [6.07, 6.45) is -0.475. The molecule has 14 heteroatoms. The minimum atomic E-state index is -4.76. The maximum atomic E-state index is 14.1. The van der Waals surface area contributed by atoms with E-state index in [1.165, 1.54) is 38.8 Å². The number of aromatic amines is 1. The van der Waals surface area contributed by atoms with Crippen LogP contribution in [0.25, 0.3) is 22.2 Å². The number of methoxy groups -OCH3 is 1. The molecular formula is C28H35F3N5O5P. The summed E-state index contributed by atoms with van der Waals surface area (Å²) >= 11 is 0. The lowest BCUT2D eigenvalue weighted by molar-refractivity contribution is -0.137. The van der Waals surface area contributed by atoms with Crippen molar-refractivity contribution in [3.63, 3.8) is 0 Å². The van der Waals surface area contributed by atoms with E-state index in [0.29, 0.717) is 18.2 Å². The molecule has 0 saturated heterocycles. The largest absolute Gasteiger partial charge is 0.465 e. The molecule has 1 saturated carbocycles. The molecule has 0 aliphatic heterocycles. The summed E-state index contributed by atoms with van der Waals surface area (Å²) in [7, 11) is -1.90. The van der Waals surface area contributed by atoms with Crippen molar-refractivity contribution in [2.75, 3.05) is 25.8 Å². The number of benzene rings is 1. The van der Waals surface area contributed by atoms with E-state index in [9.17, 15) is 27.3 Å². The number of hydrogen-bond donors (Lipinski definition) is 3. The van der Waals surface area contributed by atoms with E-state index in [-0.39, 0.29) is 45.7 Å². The average Bonchev–Trinajstić information content (AvgIpc) is 3.29. The molecule has 0 radical (unpaired) electrons. The minimum absolute atomic E-state index is 0.00155. The number of aromatic nitrogens is 3. The second kappa shape index (κ2) is 11.6. The van der Waals surface area contributed by atoms with Crippen LogP contribution in [0.3, 0.4) is 0 Å². The third kappa shape index (κ3) is 7.06. The number of anilines is 1. The van der Waals surface area contributed by atoms with Crippen LogP contribution in [-0.4, -0.2) is 65.1 Å². The van der Waals surface area contributed by atoms with Crippen LogP contribution in [0.1, 0.15) is 62.4 Å². The fourth-order valence-corrected chi connectivity index (χ4v) is 6.66. The molecule has 1 amide bonds. The first kappa shape index (κ1) is 31.3. The Labute approximate surface area is 241 Å². The van der Waals surface area contributed by atoms with Gasteiger partial charge in [-0.1, -0.05) is 6.07 Å². The number of halogens is 3. The highest BCUT2D eigenvalue weighted by Gasteiger charge is 2.37. The van der Waals surface area contributed by atoms with E-state index in [2.05, 4.69) is 25.6 Å². The number of nitrogens with zero attached hydrogens (tertiary/aromatic N) is 2. The third-order valence-electron chi connectivity index (χ3n) is 6.85. The number of hydrogen-bond acceptors (Lipinski definition) is 8. The van der Waals surface area contributed by atoms with Gasteiger partial charge < -0.3 is 29.7 Å². The van der Waals surface area contributed by atoms with Gasteiger partial charge in [-0.15, -0.1) is 0 Å². The van der Waals surface area contributed by atoms with Gasteiger partial charge in [0.05, 0.1) is 23.9 Å². The van der Waals surface area contributed by atoms with Gasteiger partial charge in [-0.25, -0.2) is 19.6 Å². The Morgan fingerprint density at radius 2 is 1.81 bits per heavy atom. The number of rotatable bonds is 6. The minimum Gasteiger partial charge on any atom is -0.465 e. The molecule has 10 nitrogen and oxygen atoms in total. The number of alkyl halides is 3. The summed E-state index contributed by atoms with van der Waals surface area (Å²) in [5.74, 6) is -0.707. The number of amides is 1. The smallest absolute Gasteiger partial charge is 0.419 e. The first-order valence-electron chi connectivity index (χ1n) is 13.5. The summed E-state index contributed by atoms with van der Waals surface area (Å²) in [5.41, 5.74) is -1.61. The number of ether oxygens (including phenoxy) is 2. The van der Waals surface area contributed by atoms with Gasteiger partial charge in [0, 0.05) is 40.7 Å². The van der Waals surface area contributed by atoms with E-state index in [1.807, 2.05) is 0 Å². The summed E-state index contributed by atoms with van der Waals surface area (Å²) in [4.78, 5) is 35.8. The van der Waals surface area contributed by atoms with Crippen LogP contribution in [0.4, 0.5) is 23.9 Å². The molecule has 2 aromatic heterocycles. The normalized spacial score (nSPS) is 18.0. The van der Waals surface area contributed by atoms with Crippen LogP contribution in [0, 0.1) is 0 Å². The zero-order valence-electron chi connectivity index (χ0n) is 24.3. The van der Waals surface area contributed by atoms with Crippen LogP contribution < -0.4 is 15.9 Å². The van der Waals surface area contributed by atoms with E-state index in [0.717, 1.165) is 19.0 Å². The Balaban J connectivity index is 1.69. The molecule has 1 fully saturated rings. The van der Waals surface area contributed by atoms with Crippen LogP contribution >= 0.6 is 7.14 Å². The molecule has 1 aliphatic carbocycles. The number of alkyl carbamates (subject to hydrolysis) is 1. The molecule has 3 N–H and O–H groups in total. The molecule has 228 valence electrons. The zero-order chi connectivity index (χ0) is 31.0. The van der Waals surface area contributed by atoms with E-state index >= 15 is 0 Å². The first-order valence-corrected chi connectivity index (χ1v) is 16.1. The van der Waals surface area contributed by atoms with Crippen molar-refractivity contribution in [1.82, 2.24) is 20.3 Å². The predicted molar refractivity (Wildman–Crippen MR) is 154 cm³/mol. The van der Waals surface area contributed by atoms with Gasteiger partial charge in [0.2, 0.25) is 5.95 Å². The standard InChI is InChI=1S/C28H35F3N5O5P/c1-27(2,3)41-26(38)35-16-9-7-8-15(12-16)34-25-33-14-20(28(29,30)31)21(36-25)19-13-32-22-17(19)10-11-18(24(37)40-4)23(22)42(5,6)39/h10-11,13-16,32H,7-9,12H2,1-6H3,(H,35,38)(H,33,34,36)/t15-,16-/m0/s1. The van der Waals surface area contributed by atoms with E-state index in [1.54, 1.807) is 20.8 Å². The van der Waals surface area contributed by atoms with E-state index < -0.39 is 36.5 Å². The first-order chi connectivity index (χ1) is 19.5. The Morgan fingerprint density at radius 1 is 1.12 bits per heavy atom. The summed E-state index contributed by atoms with van der Waals surface area (Å²) in [6, 6.07) is 2.49. The molecule has 0 bridgehead atoms. The molecule has 1 aliphatic rings. The van der Waals surface area contributed by atoms with Crippen molar-refractivity contribution in [3.8, 4) is 11.3 Å². The van der Waals surface area contributed by atoms with Gasteiger partial charge in [-0.2, -0.15) is 13.2 Å². The maximum Gasteiger partial charge on any atom is 0.419 e. The molecular weight excluding hydrogens is 574 g/mol. The van der Waals surface area contributed by atoms with Crippen molar-refractivity contribution in [3.05, 3.63) is 35.7 Å². The van der Waals surface area contributed by atoms with E-state index in [4.69, 9.17) is 9.47 Å². The second-order valence-corrected chi connectivity index (χ2v) is 14.9. The van der Waals surface area contributed by atoms with Gasteiger partial charge in [0.25, 0.3) is 0 Å². The number of esters is 1. The summed E-state index contributed by atoms with van der Waals surface area (Å²) in [5, 5.41) is 6.49. The van der Waals surface area contributed by atoms with Gasteiger partial charge in [-0.05, 0) is 65.9 Å². The fourth-order valence-electron chi connectivity index (χ4n) is 5.19. The van der Waals surface area contributed by atoms with Crippen LogP contribution in [0.2, 0.25) is 0 Å². The topological polar surface area (TPSA) is 135 Å². The van der Waals surface area contributed by atoms with Crippen molar-refractivity contribution in [2.45, 2.75) is 70.3 Å². The zero-order valence-corrected chi connectivity index (χ0v) is 25.2. The van der Waals surface area contributed by atoms with Gasteiger partial charge in [-0.3, -0.25) is 0 Å². The average molecular weight is 610 g/mol. The number of carbonyl (C=O) groups excluding carboxylic acids is 2. The van der Waals surface area contributed by atoms with Gasteiger partial charge in [0.15, 0.2) is 0 Å². The highest BCUT2D eigenvalue weighted by Crippen LogP contribution is 2.43. The van der Waals surface area contributed by atoms with Crippen molar-refractivity contribution < 1.29 is 36.8 Å². The number of nitrogens with one attached hydrogen (secondary N) is 3. The number of fused-ring (bicyclic) bond motifs is 1. The van der Waals surface area contributed by atoms with Crippen LogP contribution in [0.5, 0.6) is 0 Å². The van der Waals surface area contributed by atoms with Gasteiger partial charge in [0.1, 0.15) is 18.3 Å². The SMILES string of the molecule is COC(=O)c1ccc2c(-c3nc(N[C@H]4CCC[C@H](NC(=O)OC(C)(C)C)C4)ncc3C(F)(F)F)c[nH]c2c1P(C)(C)=O. The molecule has 0 spiro atoms. The fraction of sp³-hybridized carbons (Fsp3) is 0.500. The lowest BCUT2D eigenvalue weighted by atomic mass is 9.91. The maximum absolute atomic E-state index is 14.1. The van der Waals surface area contributed by atoms with Crippen molar-refractivity contribution in [1.29, 1.82) is 0 Å². The monoisotopic (exact) mass is 609 g/mol. The molecule has 2 heterocycles.